The molecule has 0 saturated heterocycles. The highest BCUT2D eigenvalue weighted by Gasteiger charge is 2.07. The highest BCUT2D eigenvalue weighted by Crippen LogP contribution is 2.30. The zero-order chi connectivity index (χ0) is 19.2. The van der Waals surface area contributed by atoms with Crippen LogP contribution in [0.15, 0.2) is 66.7 Å². The molecule has 0 spiro atoms. The first-order chi connectivity index (χ1) is 13.1. The Labute approximate surface area is 160 Å². The number of rotatable bonds is 5. The van der Waals surface area contributed by atoms with Crippen molar-refractivity contribution >= 4 is 34.9 Å². The lowest BCUT2D eigenvalue weighted by molar-refractivity contribution is -0.111. The first-order valence-electron chi connectivity index (χ1n) is 8.23. The average Bonchev–Trinajstić information content (AvgIpc) is 3.15. The number of anilines is 1. The summed E-state index contributed by atoms with van der Waals surface area (Å²) in [6.45, 7) is 0. The van der Waals surface area contributed by atoms with Gasteiger partial charge in [0, 0.05) is 39.7 Å². The molecule has 27 heavy (non-hydrogen) atoms. The molecule has 0 aliphatic rings. The Morgan fingerprint density at radius 1 is 1.04 bits per heavy atom. The van der Waals surface area contributed by atoms with Gasteiger partial charge in [0.05, 0.1) is 0 Å². The molecule has 4 nitrogen and oxygen atoms in total. The van der Waals surface area contributed by atoms with Gasteiger partial charge in [-0.1, -0.05) is 24.3 Å². The van der Waals surface area contributed by atoms with Crippen molar-refractivity contribution in [2.45, 2.75) is 0 Å². The van der Waals surface area contributed by atoms with Crippen molar-refractivity contribution in [3.05, 3.63) is 83.0 Å². The number of hydrogen-bond acceptors (Lipinski definition) is 3. The van der Waals surface area contributed by atoms with Crippen LogP contribution < -0.4 is 10.6 Å². The number of thiophene rings is 1. The van der Waals surface area contributed by atoms with Gasteiger partial charge in [0.15, 0.2) is 0 Å². The van der Waals surface area contributed by atoms with E-state index >= 15 is 0 Å². The first kappa shape index (κ1) is 18.5. The highest BCUT2D eigenvalue weighted by molar-refractivity contribution is 7.16. The number of halogens is 1. The molecule has 0 atom stereocenters. The van der Waals surface area contributed by atoms with Gasteiger partial charge in [-0.2, -0.15) is 0 Å². The van der Waals surface area contributed by atoms with E-state index in [9.17, 15) is 14.0 Å². The molecule has 0 bridgehead atoms. The summed E-state index contributed by atoms with van der Waals surface area (Å²) in [5, 5.41) is 5.26. The quantitative estimate of drug-likeness (QED) is 0.637. The smallest absolute Gasteiger partial charge is 0.251 e. The van der Waals surface area contributed by atoms with Gasteiger partial charge >= 0.3 is 0 Å². The third-order valence-electron chi connectivity index (χ3n) is 3.78. The Balaban J connectivity index is 1.67. The van der Waals surface area contributed by atoms with Crippen LogP contribution in [-0.4, -0.2) is 18.9 Å². The summed E-state index contributed by atoms with van der Waals surface area (Å²) in [4.78, 5) is 25.4. The third-order valence-corrected chi connectivity index (χ3v) is 4.87. The Bertz CT molecular complexity index is 1010. The molecule has 3 aromatic rings. The van der Waals surface area contributed by atoms with Gasteiger partial charge in [-0.15, -0.1) is 11.3 Å². The minimum absolute atomic E-state index is 0.221. The average molecular weight is 380 g/mol. The maximum Gasteiger partial charge on any atom is 0.251 e. The van der Waals surface area contributed by atoms with Crippen molar-refractivity contribution in [2.24, 2.45) is 0 Å². The second kappa shape index (κ2) is 8.42. The number of amides is 2. The zero-order valence-corrected chi connectivity index (χ0v) is 15.3. The van der Waals surface area contributed by atoms with Crippen molar-refractivity contribution in [3.8, 4) is 10.4 Å². The first-order valence-corrected chi connectivity index (χ1v) is 9.04. The lowest BCUT2D eigenvalue weighted by atomic mass is 10.2. The lowest BCUT2D eigenvalue weighted by Gasteiger charge is -2.04. The maximum absolute atomic E-state index is 13.9. The largest absolute Gasteiger partial charge is 0.355 e. The predicted octanol–water partition coefficient (Wildman–Crippen LogP) is 4.57. The van der Waals surface area contributed by atoms with Crippen molar-refractivity contribution in [1.82, 2.24) is 5.32 Å². The fraction of sp³-hybridized carbons (Fsp3) is 0.0476. The van der Waals surface area contributed by atoms with Gasteiger partial charge < -0.3 is 10.6 Å². The minimum atomic E-state index is -0.315. The minimum Gasteiger partial charge on any atom is -0.355 e. The van der Waals surface area contributed by atoms with Crippen LogP contribution in [0.25, 0.3) is 16.5 Å². The molecular weight excluding hydrogens is 363 g/mol. The second-order valence-corrected chi connectivity index (χ2v) is 6.78. The molecule has 2 amide bonds. The summed E-state index contributed by atoms with van der Waals surface area (Å²) < 4.78 is 13.9. The number of carbonyl (C=O) groups is 2. The monoisotopic (exact) mass is 380 g/mol. The van der Waals surface area contributed by atoms with Crippen molar-refractivity contribution in [1.29, 1.82) is 0 Å². The van der Waals surface area contributed by atoms with Crippen LogP contribution in [0.1, 0.15) is 15.2 Å². The molecule has 0 radical (unpaired) electrons. The highest BCUT2D eigenvalue weighted by atomic mass is 32.1. The molecule has 0 unspecified atom stereocenters. The molecule has 0 aliphatic carbocycles. The van der Waals surface area contributed by atoms with E-state index in [1.54, 1.807) is 55.6 Å². The molecule has 2 aromatic carbocycles. The normalized spacial score (nSPS) is 10.7. The van der Waals surface area contributed by atoms with Crippen LogP contribution in [0, 0.1) is 5.82 Å². The Morgan fingerprint density at radius 2 is 1.85 bits per heavy atom. The Hall–Kier alpha value is -3.25. The van der Waals surface area contributed by atoms with E-state index in [0.717, 1.165) is 9.75 Å². The predicted molar refractivity (Wildman–Crippen MR) is 107 cm³/mol. The molecule has 0 fully saturated rings. The number of benzene rings is 2. The van der Waals surface area contributed by atoms with E-state index in [4.69, 9.17) is 0 Å². The molecule has 0 aliphatic heterocycles. The summed E-state index contributed by atoms with van der Waals surface area (Å²) in [5.41, 5.74) is 1.54. The van der Waals surface area contributed by atoms with Crippen LogP contribution in [0.3, 0.4) is 0 Å². The topological polar surface area (TPSA) is 58.2 Å². The Kier molecular flexibility index (Phi) is 5.78. The summed E-state index contributed by atoms with van der Waals surface area (Å²) in [5.74, 6) is -0.811. The van der Waals surface area contributed by atoms with Gasteiger partial charge in [-0.05, 0) is 42.5 Å². The molecule has 1 aromatic heterocycles. The van der Waals surface area contributed by atoms with Crippen LogP contribution in [0.2, 0.25) is 0 Å². The van der Waals surface area contributed by atoms with Crippen molar-refractivity contribution < 1.29 is 14.0 Å². The van der Waals surface area contributed by atoms with Crippen LogP contribution in [0.4, 0.5) is 10.1 Å². The summed E-state index contributed by atoms with van der Waals surface area (Å²) in [7, 11) is 1.55. The molecule has 6 heteroatoms. The van der Waals surface area contributed by atoms with E-state index in [2.05, 4.69) is 10.6 Å². The van der Waals surface area contributed by atoms with Gasteiger partial charge in [-0.3, -0.25) is 9.59 Å². The van der Waals surface area contributed by atoms with Gasteiger partial charge in [0.1, 0.15) is 5.82 Å². The van der Waals surface area contributed by atoms with Gasteiger partial charge in [0.2, 0.25) is 5.91 Å². The van der Waals surface area contributed by atoms with Gasteiger partial charge in [-0.25, -0.2) is 4.39 Å². The standard InChI is InChI=1S/C21H17FN2O2S/c1-23-21(26)14-5-4-6-15(13-14)24-20(25)12-10-16-9-11-19(27-16)17-7-2-3-8-18(17)22/h2-13H,1H3,(H,23,26)(H,24,25)/b12-10+. The molecule has 136 valence electrons. The van der Waals surface area contributed by atoms with Crippen LogP contribution in [-0.2, 0) is 4.79 Å². The van der Waals surface area contributed by atoms with Crippen molar-refractivity contribution in [3.63, 3.8) is 0 Å². The fourth-order valence-corrected chi connectivity index (χ4v) is 3.41. The van der Waals surface area contributed by atoms with E-state index in [1.165, 1.54) is 23.5 Å². The fourth-order valence-electron chi connectivity index (χ4n) is 2.47. The third kappa shape index (κ3) is 4.68. The van der Waals surface area contributed by atoms with Crippen molar-refractivity contribution in [2.75, 3.05) is 12.4 Å². The zero-order valence-electron chi connectivity index (χ0n) is 14.5. The van der Waals surface area contributed by atoms with E-state index in [-0.39, 0.29) is 17.6 Å². The lowest BCUT2D eigenvalue weighted by Crippen LogP contribution is -2.18. The molecule has 1 heterocycles. The molecule has 2 N–H and O–H groups in total. The molecule has 3 rings (SSSR count). The van der Waals surface area contributed by atoms with Crippen LogP contribution in [0.5, 0.6) is 0 Å². The summed E-state index contributed by atoms with van der Waals surface area (Å²) in [6, 6.07) is 16.9. The summed E-state index contributed by atoms with van der Waals surface area (Å²) >= 11 is 1.40. The van der Waals surface area contributed by atoms with E-state index < -0.39 is 0 Å². The SMILES string of the molecule is CNC(=O)c1cccc(NC(=O)/C=C/c2ccc(-c3ccccc3F)s2)c1. The molecule has 0 saturated carbocycles. The maximum atomic E-state index is 13.9. The van der Waals surface area contributed by atoms with E-state index in [0.29, 0.717) is 16.8 Å². The van der Waals surface area contributed by atoms with Gasteiger partial charge in [0.25, 0.3) is 5.91 Å². The Morgan fingerprint density at radius 3 is 2.63 bits per heavy atom. The second-order valence-electron chi connectivity index (χ2n) is 5.66. The number of nitrogens with one attached hydrogen (secondary N) is 2. The molecular formula is C21H17FN2O2S. The number of carbonyl (C=O) groups excluding carboxylic acids is 2. The number of hydrogen-bond donors (Lipinski definition) is 2. The van der Waals surface area contributed by atoms with Crippen LogP contribution >= 0.6 is 11.3 Å². The summed E-state index contributed by atoms with van der Waals surface area (Å²) in [6.07, 6.45) is 3.08. The van der Waals surface area contributed by atoms with E-state index in [1.807, 2.05) is 12.1 Å².